The van der Waals surface area contributed by atoms with E-state index in [1.807, 2.05) is 54.2 Å². The number of ether oxygens (including phenoxy) is 1. The molecular weight excluding hydrogens is 370 g/mol. The normalized spacial score (nSPS) is 12.9. The van der Waals surface area contributed by atoms with Gasteiger partial charge in [-0.05, 0) is 51.0 Å². The highest BCUT2D eigenvalue weighted by Gasteiger charge is 2.13. The van der Waals surface area contributed by atoms with Gasteiger partial charge in [0.05, 0.1) is 19.3 Å². The Morgan fingerprint density at radius 1 is 0.931 bits per heavy atom. The number of hydrogen-bond donors (Lipinski definition) is 3. The van der Waals surface area contributed by atoms with E-state index in [0.717, 1.165) is 23.1 Å². The summed E-state index contributed by atoms with van der Waals surface area (Å²) < 4.78 is 5.20. The molecule has 0 aliphatic carbocycles. The molecule has 0 saturated heterocycles. The molecule has 0 spiro atoms. The summed E-state index contributed by atoms with van der Waals surface area (Å²) in [5, 5.41) is 22.4. The molecule has 2 atom stereocenters. The van der Waals surface area contributed by atoms with Crippen LogP contribution in [0.15, 0.2) is 30.3 Å². The van der Waals surface area contributed by atoms with Crippen molar-refractivity contribution in [2.45, 2.75) is 38.9 Å². The number of methoxy groups -OCH3 is 1. The van der Waals surface area contributed by atoms with Crippen LogP contribution >= 0.6 is 0 Å². The molecule has 160 valence electrons. The Hall–Kier alpha value is -2.58. The monoisotopic (exact) mass is 403 g/mol. The number of aliphatic hydroxyl groups is 2. The van der Waals surface area contributed by atoms with Gasteiger partial charge in [-0.3, -0.25) is 0 Å². The number of rotatable bonds is 11. The largest absolute Gasteiger partial charge is 0.497 e. The average molecular weight is 404 g/mol. The zero-order valence-corrected chi connectivity index (χ0v) is 18.0. The van der Waals surface area contributed by atoms with Crippen molar-refractivity contribution in [1.82, 2.24) is 9.97 Å². The first kappa shape index (κ1) is 22.7. The van der Waals surface area contributed by atoms with Gasteiger partial charge in [0, 0.05) is 38.9 Å². The third-order valence-electron chi connectivity index (χ3n) is 4.59. The lowest BCUT2D eigenvalue weighted by atomic mass is 10.2. The molecule has 0 saturated carbocycles. The maximum atomic E-state index is 9.59. The van der Waals surface area contributed by atoms with Gasteiger partial charge in [0.25, 0.3) is 0 Å². The van der Waals surface area contributed by atoms with Gasteiger partial charge in [-0.1, -0.05) is 0 Å². The smallest absolute Gasteiger partial charge is 0.231 e. The molecule has 0 bridgehead atoms. The third-order valence-corrected chi connectivity index (χ3v) is 4.59. The lowest BCUT2D eigenvalue weighted by molar-refractivity contribution is 0.186. The highest BCUT2D eigenvalue weighted by atomic mass is 16.5. The molecule has 8 heteroatoms. The number of aliphatic hydroxyl groups excluding tert-OH is 2. The first-order chi connectivity index (χ1) is 13.8. The van der Waals surface area contributed by atoms with Gasteiger partial charge < -0.3 is 30.1 Å². The minimum Gasteiger partial charge on any atom is -0.497 e. The Kier molecular flexibility index (Phi) is 8.48. The van der Waals surface area contributed by atoms with Gasteiger partial charge in [-0.25, -0.2) is 0 Å². The van der Waals surface area contributed by atoms with Crippen molar-refractivity contribution in [2.75, 3.05) is 49.4 Å². The van der Waals surface area contributed by atoms with Crippen LogP contribution in [0.1, 0.15) is 26.7 Å². The molecule has 8 nitrogen and oxygen atoms in total. The van der Waals surface area contributed by atoms with Crippen molar-refractivity contribution in [3.8, 4) is 5.75 Å². The molecule has 0 amide bonds. The first-order valence-electron chi connectivity index (χ1n) is 9.87. The molecule has 29 heavy (non-hydrogen) atoms. The molecule has 0 aliphatic rings. The molecule has 0 fully saturated rings. The van der Waals surface area contributed by atoms with Crippen LogP contribution in [0.3, 0.4) is 0 Å². The predicted molar refractivity (Wildman–Crippen MR) is 117 cm³/mol. The summed E-state index contributed by atoms with van der Waals surface area (Å²) in [6.07, 6.45) is 0.554. The van der Waals surface area contributed by atoms with Crippen molar-refractivity contribution in [2.24, 2.45) is 0 Å². The molecule has 0 radical (unpaired) electrons. The Labute approximate surface area is 173 Å². The van der Waals surface area contributed by atoms with Crippen LogP contribution in [0.2, 0.25) is 0 Å². The Morgan fingerprint density at radius 3 is 1.83 bits per heavy atom. The standard InChI is InChI=1S/C21H33N5O3/c1-15(27)10-12-25(3)19-14-20(26(4)13-11-16(2)28)24-21(23-19)22-17-6-8-18(29-5)9-7-17/h6-9,14-16,27-28H,10-13H2,1-5H3,(H,22,23,24)/t15-,16+. The zero-order valence-electron chi connectivity index (χ0n) is 18.0. The van der Waals surface area contributed by atoms with Crippen LogP contribution in [0.25, 0.3) is 0 Å². The quantitative estimate of drug-likeness (QED) is 0.527. The minimum atomic E-state index is -0.371. The van der Waals surface area contributed by atoms with E-state index < -0.39 is 0 Å². The van der Waals surface area contributed by atoms with Crippen LogP contribution in [0.5, 0.6) is 5.75 Å². The van der Waals surface area contributed by atoms with Gasteiger partial charge in [-0.2, -0.15) is 9.97 Å². The lowest BCUT2D eigenvalue weighted by Gasteiger charge is -2.24. The summed E-state index contributed by atoms with van der Waals surface area (Å²) in [5.41, 5.74) is 0.854. The predicted octanol–water partition coefficient (Wildman–Crippen LogP) is 2.64. The van der Waals surface area contributed by atoms with Gasteiger partial charge in [0.1, 0.15) is 17.4 Å². The molecule has 2 aromatic rings. The van der Waals surface area contributed by atoms with E-state index in [1.165, 1.54) is 0 Å². The zero-order chi connectivity index (χ0) is 21.4. The van der Waals surface area contributed by atoms with E-state index in [2.05, 4.69) is 15.3 Å². The first-order valence-corrected chi connectivity index (χ1v) is 9.87. The van der Waals surface area contributed by atoms with Gasteiger partial charge in [0.2, 0.25) is 5.95 Å². The maximum absolute atomic E-state index is 9.59. The molecule has 3 N–H and O–H groups in total. The summed E-state index contributed by atoms with van der Waals surface area (Å²) in [7, 11) is 5.52. The summed E-state index contributed by atoms with van der Waals surface area (Å²) in [6.45, 7) is 4.90. The molecule has 0 unspecified atom stereocenters. The van der Waals surface area contributed by atoms with Gasteiger partial charge in [0.15, 0.2) is 0 Å². The van der Waals surface area contributed by atoms with Crippen molar-refractivity contribution >= 4 is 23.3 Å². The number of aromatic nitrogens is 2. The number of hydrogen-bond acceptors (Lipinski definition) is 8. The summed E-state index contributed by atoms with van der Waals surface area (Å²) in [4.78, 5) is 13.3. The van der Waals surface area contributed by atoms with Crippen molar-refractivity contribution in [3.05, 3.63) is 30.3 Å². The fourth-order valence-electron chi connectivity index (χ4n) is 2.66. The number of nitrogens with zero attached hydrogens (tertiary/aromatic N) is 4. The van der Waals surface area contributed by atoms with E-state index in [9.17, 15) is 10.2 Å². The average Bonchev–Trinajstić information content (AvgIpc) is 2.70. The SMILES string of the molecule is COc1ccc(Nc2nc(N(C)CC[C@H](C)O)cc(N(C)CC[C@@H](C)O)n2)cc1. The van der Waals surface area contributed by atoms with Crippen molar-refractivity contribution in [3.63, 3.8) is 0 Å². The van der Waals surface area contributed by atoms with E-state index in [4.69, 9.17) is 4.74 Å². The van der Waals surface area contributed by atoms with Crippen molar-refractivity contribution < 1.29 is 14.9 Å². The highest BCUT2D eigenvalue weighted by molar-refractivity contribution is 5.60. The van der Waals surface area contributed by atoms with Crippen LogP contribution in [-0.2, 0) is 0 Å². The fraction of sp³-hybridized carbons (Fsp3) is 0.524. The molecule has 1 aromatic carbocycles. The minimum absolute atomic E-state index is 0.371. The summed E-state index contributed by atoms with van der Waals surface area (Å²) in [5.74, 6) is 2.78. The number of nitrogens with one attached hydrogen (secondary N) is 1. The van der Waals surface area contributed by atoms with E-state index >= 15 is 0 Å². The van der Waals surface area contributed by atoms with Crippen LogP contribution in [0, 0.1) is 0 Å². The lowest BCUT2D eigenvalue weighted by Crippen LogP contribution is -2.26. The van der Waals surface area contributed by atoms with Gasteiger partial charge in [-0.15, -0.1) is 0 Å². The number of benzene rings is 1. The molecule has 0 aliphatic heterocycles. The van der Waals surface area contributed by atoms with E-state index in [0.29, 0.717) is 31.9 Å². The molecule has 2 rings (SSSR count). The summed E-state index contributed by atoms with van der Waals surface area (Å²) >= 11 is 0. The van der Waals surface area contributed by atoms with E-state index in [1.54, 1.807) is 21.0 Å². The second-order valence-electron chi connectivity index (χ2n) is 7.38. The van der Waals surface area contributed by atoms with Crippen LogP contribution in [0.4, 0.5) is 23.3 Å². The molecule has 1 heterocycles. The summed E-state index contributed by atoms with van der Waals surface area (Å²) in [6, 6.07) is 9.47. The third kappa shape index (κ3) is 7.40. The second-order valence-corrected chi connectivity index (χ2v) is 7.38. The molecular formula is C21H33N5O3. The molecule has 1 aromatic heterocycles. The van der Waals surface area contributed by atoms with E-state index in [-0.39, 0.29) is 12.2 Å². The Morgan fingerprint density at radius 2 is 1.41 bits per heavy atom. The van der Waals surface area contributed by atoms with Crippen LogP contribution in [-0.4, -0.2) is 66.7 Å². The Balaban J connectivity index is 2.26. The number of anilines is 4. The van der Waals surface area contributed by atoms with Gasteiger partial charge >= 0.3 is 0 Å². The second kappa shape index (κ2) is 10.8. The van der Waals surface area contributed by atoms with Crippen molar-refractivity contribution in [1.29, 1.82) is 0 Å². The highest BCUT2D eigenvalue weighted by Crippen LogP contribution is 2.24. The topological polar surface area (TPSA) is 94.0 Å². The Bertz CT molecular complexity index is 716. The van der Waals surface area contributed by atoms with Crippen LogP contribution < -0.4 is 19.9 Å². The fourth-order valence-corrected chi connectivity index (χ4v) is 2.66. The maximum Gasteiger partial charge on any atom is 0.231 e.